The van der Waals surface area contributed by atoms with Gasteiger partial charge < -0.3 is 15.1 Å². The van der Waals surface area contributed by atoms with E-state index >= 15 is 0 Å². The third kappa shape index (κ3) is 7.58. The highest BCUT2D eigenvalue weighted by Gasteiger charge is 2.40. The van der Waals surface area contributed by atoms with Crippen molar-refractivity contribution < 1.29 is 0 Å². The number of nitrogens with zero attached hydrogens (tertiary/aromatic N) is 3. The fourth-order valence-corrected chi connectivity index (χ4v) is 8.88. The third-order valence-electron chi connectivity index (χ3n) is 11.6. The Labute approximate surface area is 277 Å². The maximum absolute atomic E-state index is 3.65. The van der Waals surface area contributed by atoms with Crippen LogP contribution in [0.5, 0.6) is 0 Å². The van der Waals surface area contributed by atoms with Gasteiger partial charge in [0.05, 0.1) is 0 Å². The SMILES string of the molecule is C[C@H](c1cccc2ccccc12)N1CC[C@H]2CCN(CCc3ccccc3)C[C@H]21.c1ccc(CCN2CC[C@@H]3CCN[C@@H]3C2)cc1. The van der Waals surface area contributed by atoms with E-state index in [2.05, 4.69) is 130 Å². The predicted molar refractivity (Wildman–Crippen MR) is 193 cm³/mol. The Kier molecular flexibility index (Phi) is 10.5. The average molecular weight is 615 g/mol. The van der Waals surface area contributed by atoms with Crippen molar-refractivity contribution in [1.82, 2.24) is 20.0 Å². The van der Waals surface area contributed by atoms with E-state index in [9.17, 15) is 0 Å². The molecule has 0 aromatic heterocycles. The fourth-order valence-electron chi connectivity index (χ4n) is 8.88. The van der Waals surface area contributed by atoms with Crippen LogP contribution in [0.4, 0.5) is 0 Å². The Balaban J connectivity index is 0.000000169. The molecule has 4 aromatic carbocycles. The van der Waals surface area contributed by atoms with E-state index < -0.39 is 0 Å². The second-order valence-electron chi connectivity index (χ2n) is 14.4. The third-order valence-corrected chi connectivity index (χ3v) is 11.6. The largest absolute Gasteiger partial charge is 0.312 e. The van der Waals surface area contributed by atoms with Gasteiger partial charge in [-0.05, 0) is 111 Å². The molecule has 46 heavy (non-hydrogen) atoms. The van der Waals surface area contributed by atoms with Crippen LogP contribution >= 0.6 is 0 Å². The standard InChI is InChI=1S/C27H32N2.C15H22N2/c1-21(25-13-7-11-23-10-5-6-12-26(23)25)29-19-16-24-15-18-28(20-27(24)29)17-14-22-8-3-2-4-9-22;1-2-4-13(5-3-1)7-10-17-11-8-14-6-9-16-15(14)12-17/h2-13,21,24,27H,14-20H2,1H3;1-5,14-16H,6-12H2/t21-,24-,27-;14-,15+/m10/s1. The first-order chi connectivity index (χ1) is 22.7. The van der Waals surface area contributed by atoms with E-state index in [1.807, 2.05) is 0 Å². The highest BCUT2D eigenvalue weighted by Crippen LogP contribution is 2.39. The van der Waals surface area contributed by atoms with Crippen molar-refractivity contribution in [3.05, 3.63) is 120 Å². The van der Waals surface area contributed by atoms with Gasteiger partial charge in [0.15, 0.2) is 0 Å². The van der Waals surface area contributed by atoms with E-state index in [0.29, 0.717) is 12.1 Å². The summed E-state index contributed by atoms with van der Waals surface area (Å²) in [6.45, 7) is 12.4. The molecule has 4 aliphatic heterocycles. The Morgan fingerprint density at radius 2 is 1.24 bits per heavy atom. The number of fused-ring (bicyclic) bond motifs is 3. The van der Waals surface area contributed by atoms with Gasteiger partial charge in [0.2, 0.25) is 0 Å². The molecule has 242 valence electrons. The van der Waals surface area contributed by atoms with Crippen molar-refractivity contribution in [3.8, 4) is 0 Å². The lowest BCUT2D eigenvalue weighted by Crippen LogP contribution is -2.49. The Hall–Kier alpha value is -3.02. The summed E-state index contributed by atoms with van der Waals surface area (Å²) < 4.78 is 0. The van der Waals surface area contributed by atoms with Gasteiger partial charge in [-0.1, -0.05) is 103 Å². The zero-order valence-electron chi connectivity index (χ0n) is 27.9. The Bertz CT molecular complexity index is 1500. The predicted octanol–water partition coefficient (Wildman–Crippen LogP) is 7.45. The maximum Gasteiger partial charge on any atom is 0.0329 e. The van der Waals surface area contributed by atoms with Crippen LogP contribution in [0, 0.1) is 11.8 Å². The van der Waals surface area contributed by atoms with Gasteiger partial charge in [0, 0.05) is 44.3 Å². The normalized spacial score (nSPS) is 25.8. The number of hydrogen-bond acceptors (Lipinski definition) is 4. The average Bonchev–Trinajstić information content (AvgIpc) is 3.77. The van der Waals surface area contributed by atoms with Crippen molar-refractivity contribution in [3.63, 3.8) is 0 Å². The highest BCUT2D eigenvalue weighted by molar-refractivity contribution is 5.86. The molecule has 0 unspecified atom stereocenters. The van der Waals surface area contributed by atoms with Gasteiger partial charge in [0.1, 0.15) is 0 Å². The molecule has 0 radical (unpaired) electrons. The first kappa shape index (κ1) is 31.6. The van der Waals surface area contributed by atoms with Crippen molar-refractivity contribution in [2.24, 2.45) is 11.8 Å². The number of benzene rings is 4. The van der Waals surface area contributed by atoms with Gasteiger partial charge in [-0.15, -0.1) is 0 Å². The highest BCUT2D eigenvalue weighted by atomic mass is 15.3. The van der Waals surface area contributed by atoms with Crippen LogP contribution in [-0.2, 0) is 12.8 Å². The van der Waals surface area contributed by atoms with Gasteiger partial charge in [-0.25, -0.2) is 0 Å². The monoisotopic (exact) mass is 614 g/mol. The van der Waals surface area contributed by atoms with E-state index in [-0.39, 0.29) is 0 Å². The summed E-state index contributed by atoms with van der Waals surface area (Å²) in [6, 6.07) is 39.4. The second-order valence-corrected chi connectivity index (χ2v) is 14.4. The van der Waals surface area contributed by atoms with E-state index in [4.69, 9.17) is 0 Å². The fraction of sp³-hybridized carbons (Fsp3) is 0.476. The molecule has 1 N–H and O–H groups in total. The smallest absolute Gasteiger partial charge is 0.0329 e. The number of piperidine rings is 2. The van der Waals surface area contributed by atoms with Crippen molar-refractivity contribution in [1.29, 1.82) is 0 Å². The summed E-state index contributed by atoms with van der Waals surface area (Å²) in [5, 5.41) is 6.43. The molecule has 8 rings (SSSR count). The van der Waals surface area contributed by atoms with E-state index in [1.54, 1.807) is 0 Å². The number of hydrogen-bond donors (Lipinski definition) is 1. The van der Waals surface area contributed by atoms with Crippen LogP contribution in [0.25, 0.3) is 10.8 Å². The zero-order valence-corrected chi connectivity index (χ0v) is 27.9. The topological polar surface area (TPSA) is 21.8 Å². The lowest BCUT2D eigenvalue weighted by molar-refractivity contribution is 0.0839. The van der Waals surface area contributed by atoms with Gasteiger partial charge in [-0.3, -0.25) is 4.90 Å². The van der Waals surface area contributed by atoms with Gasteiger partial charge >= 0.3 is 0 Å². The molecule has 4 fully saturated rings. The van der Waals surface area contributed by atoms with Gasteiger partial charge in [0.25, 0.3) is 0 Å². The summed E-state index contributed by atoms with van der Waals surface area (Å²) in [5.41, 5.74) is 4.42. The van der Waals surface area contributed by atoms with Crippen molar-refractivity contribution in [2.45, 2.75) is 63.6 Å². The molecular weight excluding hydrogens is 560 g/mol. The van der Waals surface area contributed by atoms with Crippen molar-refractivity contribution >= 4 is 10.8 Å². The summed E-state index contributed by atoms with van der Waals surface area (Å²) in [7, 11) is 0. The molecule has 4 heterocycles. The molecule has 4 nitrogen and oxygen atoms in total. The van der Waals surface area contributed by atoms with E-state index in [0.717, 1.165) is 24.3 Å². The minimum atomic E-state index is 0.477. The minimum Gasteiger partial charge on any atom is -0.312 e. The lowest BCUT2D eigenvalue weighted by atomic mass is 9.91. The molecular formula is C42H54N4. The number of nitrogens with one attached hydrogen (secondary N) is 1. The Morgan fingerprint density at radius 1 is 0.630 bits per heavy atom. The summed E-state index contributed by atoms with van der Waals surface area (Å²) >= 11 is 0. The van der Waals surface area contributed by atoms with Crippen LogP contribution in [0.2, 0.25) is 0 Å². The molecule has 4 heteroatoms. The van der Waals surface area contributed by atoms with Crippen LogP contribution in [0.3, 0.4) is 0 Å². The molecule has 0 amide bonds. The van der Waals surface area contributed by atoms with Crippen LogP contribution in [0.1, 0.15) is 55.3 Å². The first-order valence-electron chi connectivity index (χ1n) is 18.2. The van der Waals surface area contributed by atoms with Gasteiger partial charge in [-0.2, -0.15) is 0 Å². The zero-order chi connectivity index (χ0) is 31.1. The quantitative estimate of drug-likeness (QED) is 0.223. The molecule has 0 saturated carbocycles. The molecule has 4 aromatic rings. The molecule has 5 atom stereocenters. The van der Waals surface area contributed by atoms with Crippen LogP contribution < -0.4 is 5.32 Å². The number of likely N-dealkylation sites (tertiary alicyclic amines) is 3. The molecule has 0 aliphatic carbocycles. The molecule has 4 aliphatic rings. The molecule has 0 spiro atoms. The summed E-state index contributed by atoms with van der Waals surface area (Å²) in [5.74, 6) is 1.84. The Morgan fingerprint density at radius 3 is 1.98 bits per heavy atom. The summed E-state index contributed by atoms with van der Waals surface area (Å²) in [6.07, 6.45) is 7.88. The summed E-state index contributed by atoms with van der Waals surface area (Å²) in [4.78, 5) is 8.15. The van der Waals surface area contributed by atoms with Crippen LogP contribution in [0.15, 0.2) is 103 Å². The minimum absolute atomic E-state index is 0.477. The number of rotatable bonds is 8. The molecule has 4 saturated heterocycles. The first-order valence-corrected chi connectivity index (χ1v) is 18.2. The van der Waals surface area contributed by atoms with Crippen LogP contribution in [-0.4, -0.2) is 79.1 Å². The lowest BCUT2D eigenvalue weighted by Gasteiger charge is -2.41. The van der Waals surface area contributed by atoms with E-state index in [1.165, 1.54) is 112 Å². The second kappa shape index (κ2) is 15.3. The van der Waals surface area contributed by atoms with Crippen molar-refractivity contribution in [2.75, 3.05) is 52.4 Å². The maximum atomic E-state index is 3.65. The molecule has 0 bridgehead atoms.